The van der Waals surface area contributed by atoms with E-state index in [9.17, 15) is 4.79 Å². The molecule has 0 saturated carbocycles. The molecule has 2 aliphatic rings. The van der Waals surface area contributed by atoms with Crippen molar-refractivity contribution >= 4 is 29.1 Å². The van der Waals surface area contributed by atoms with Crippen molar-refractivity contribution in [3.63, 3.8) is 0 Å². The minimum atomic E-state index is 0.00965. The summed E-state index contributed by atoms with van der Waals surface area (Å²) in [5.41, 5.74) is 3.48. The quantitative estimate of drug-likeness (QED) is 0.646. The molecule has 2 aromatic carbocycles. The van der Waals surface area contributed by atoms with E-state index in [0.29, 0.717) is 16.6 Å². The number of morpholine rings is 1. The summed E-state index contributed by atoms with van der Waals surface area (Å²) in [7, 11) is 0. The molecule has 4 rings (SSSR count). The lowest BCUT2D eigenvalue weighted by Gasteiger charge is -2.32. The Morgan fingerprint density at radius 3 is 2.47 bits per heavy atom. The molecule has 2 aliphatic heterocycles. The Bertz CT molecular complexity index is 901. The van der Waals surface area contributed by atoms with Crippen LogP contribution in [-0.4, -0.2) is 55.1 Å². The third-order valence-corrected chi connectivity index (χ3v) is 6.87. The van der Waals surface area contributed by atoms with E-state index < -0.39 is 0 Å². The summed E-state index contributed by atoms with van der Waals surface area (Å²) in [4.78, 5) is 17.5. The molecule has 1 amide bonds. The van der Waals surface area contributed by atoms with Crippen LogP contribution in [0.25, 0.3) is 0 Å². The van der Waals surface area contributed by atoms with E-state index in [1.807, 2.05) is 12.1 Å². The second-order valence-corrected chi connectivity index (χ2v) is 9.58. The number of carbonyl (C=O) groups excluding carboxylic acids is 1. The van der Waals surface area contributed by atoms with Crippen molar-refractivity contribution in [2.45, 2.75) is 32.5 Å². The number of benzene rings is 2. The molecule has 0 aromatic heterocycles. The maximum absolute atomic E-state index is 12.8. The number of hydrogen-bond acceptors (Lipinski definition) is 4. The predicted molar refractivity (Wildman–Crippen MR) is 129 cm³/mol. The highest BCUT2D eigenvalue weighted by molar-refractivity contribution is 6.35. The first-order valence-electron chi connectivity index (χ1n) is 11.4. The lowest BCUT2D eigenvalue weighted by molar-refractivity contribution is -0.126. The molecule has 5 nitrogen and oxygen atoms in total. The molecular weight excluding hydrogens is 445 g/mol. The van der Waals surface area contributed by atoms with E-state index in [4.69, 9.17) is 27.9 Å². The lowest BCUT2D eigenvalue weighted by atomic mass is 9.96. The average Bonchev–Trinajstić information content (AvgIpc) is 2.81. The van der Waals surface area contributed by atoms with Crippen LogP contribution in [0.1, 0.15) is 29.5 Å². The molecule has 2 saturated heterocycles. The molecule has 0 spiro atoms. The van der Waals surface area contributed by atoms with Gasteiger partial charge in [0.05, 0.1) is 19.1 Å². The normalized spacial score (nSPS) is 20.2. The van der Waals surface area contributed by atoms with E-state index in [1.54, 1.807) is 6.07 Å². The third kappa shape index (κ3) is 6.69. The number of carbonyl (C=O) groups is 1. The summed E-state index contributed by atoms with van der Waals surface area (Å²) in [5.74, 6) is 0.143. The van der Waals surface area contributed by atoms with Gasteiger partial charge in [-0.2, -0.15) is 0 Å². The standard InChI is InChI=1S/C25H31Cl2N3O2/c26-23-8-7-21(24(27)14-23)17-30-9-1-2-22(18-30)25(31)28-15-19-3-5-20(6-4-19)16-29-10-12-32-13-11-29/h3-8,14,22H,1-2,9-13,15-18H2,(H,28,31). The van der Waals surface area contributed by atoms with Crippen molar-refractivity contribution in [3.05, 3.63) is 69.2 Å². The minimum Gasteiger partial charge on any atom is -0.379 e. The van der Waals surface area contributed by atoms with Crippen LogP contribution >= 0.6 is 23.2 Å². The molecule has 1 N–H and O–H groups in total. The smallest absolute Gasteiger partial charge is 0.224 e. The number of nitrogens with one attached hydrogen (secondary N) is 1. The molecule has 1 atom stereocenters. The first-order valence-corrected chi connectivity index (χ1v) is 12.1. The van der Waals surface area contributed by atoms with Crippen molar-refractivity contribution in [3.8, 4) is 0 Å². The molecule has 1 unspecified atom stereocenters. The molecule has 32 heavy (non-hydrogen) atoms. The number of piperidine rings is 1. The Balaban J connectivity index is 1.24. The maximum atomic E-state index is 12.8. The Kier molecular flexibility index (Phi) is 8.44. The molecule has 0 aliphatic carbocycles. The topological polar surface area (TPSA) is 44.8 Å². The SMILES string of the molecule is O=C(NCc1ccc(CN2CCOCC2)cc1)C1CCCN(Cc2ccc(Cl)cc2Cl)C1. The van der Waals surface area contributed by atoms with Gasteiger partial charge in [0.2, 0.25) is 5.91 Å². The van der Waals surface area contributed by atoms with Gasteiger partial charge in [-0.1, -0.05) is 53.5 Å². The molecule has 172 valence electrons. The zero-order valence-corrected chi connectivity index (χ0v) is 19.9. The fourth-order valence-electron chi connectivity index (χ4n) is 4.42. The van der Waals surface area contributed by atoms with Crippen molar-refractivity contribution < 1.29 is 9.53 Å². The second kappa shape index (κ2) is 11.5. The van der Waals surface area contributed by atoms with Crippen LogP contribution in [0.3, 0.4) is 0 Å². The van der Waals surface area contributed by atoms with Crippen LogP contribution in [0.5, 0.6) is 0 Å². The number of rotatable bonds is 7. The Labute approximate surface area is 200 Å². The summed E-state index contributed by atoms with van der Waals surface area (Å²) < 4.78 is 5.41. The van der Waals surface area contributed by atoms with E-state index in [2.05, 4.69) is 39.4 Å². The van der Waals surface area contributed by atoms with Gasteiger partial charge < -0.3 is 10.1 Å². The number of ether oxygens (including phenoxy) is 1. The second-order valence-electron chi connectivity index (χ2n) is 8.73. The Morgan fingerprint density at radius 2 is 1.72 bits per heavy atom. The number of likely N-dealkylation sites (tertiary alicyclic amines) is 1. The van der Waals surface area contributed by atoms with Gasteiger partial charge in [0.15, 0.2) is 0 Å². The van der Waals surface area contributed by atoms with Gasteiger partial charge in [-0.05, 0) is 48.2 Å². The molecule has 0 radical (unpaired) electrons. The van der Waals surface area contributed by atoms with Crippen molar-refractivity contribution in [1.82, 2.24) is 15.1 Å². The fourth-order valence-corrected chi connectivity index (χ4v) is 4.89. The number of halogens is 2. The minimum absolute atomic E-state index is 0.00965. The molecule has 2 heterocycles. The van der Waals surface area contributed by atoms with Gasteiger partial charge in [0.1, 0.15) is 0 Å². The first-order chi connectivity index (χ1) is 15.6. The van der Waals surface area contributed by atoms with E-state index in [0.717, 1.165) is 76.5 Å². The van der Waals surface area contributed by atoms with Gasteiger partial charge in [-0.15, -0.1) is 0 Å². The van der Waals surface area contributed by atoms with E-state index in [1.165, 1.54) is 5.56 Å². The summed E-state index contributed by atoms with van der Waals surface area (Å²) >= 11 is 12.3. The fraction of sp³-hybridized carbons (Fsp3) is 0.480. The zero-order chi connectivity index (χ0) is 22.3. The highest BCUT2D eigenvalue weighted by Gasteiger charge is 2.26. The summed E-state index contributed by atoms with van der Waals surface area (Å²) in [5, 5.41) is 4.46. The van der Waals surface area contributed by atoms with Crippen LogP contribution < -0.4 is 5.32 Å². The van der Waals surface area contributed by atoms with Crippen LogP contribution in [0.4, 0.5) is 0 Å². The van der Waals surface area contributed by atoms with Crippen molar-refractivity contribution in [1.29, 1.82) is 0 Å². The third-order valence-electron chi connectivity index (χ3n) is 6.28. The highest BCUT2D eigenvalue weighted by atomic mass is 35.5. The van der Waals surface area contributed by atoms with Gasteiger partial charge in [-0.25, -0.2) is 0 Å². The molecule has 7 heteroatoms. The highest BCUT2D eigenvalue weighted by Crippen LogP contribution is 2.25. The van der Waals surface area contributed by atoms with Gasteiger partial charge in [0.25, 0.3) is 0 Å². The van der Waals surface area contributed by atoms with Gasteiger partial charge in [0, 0.05) is 49.3 Å². The van der Waals surface area contributed by atoms with Gasteiger partial charge >= 0.3 is 0 Å². The van der Waals surface area contributed by atoms with Crippen LogP contribution in [-0.2, 0) is 29.2 Å². The van der Waals surface area contributed by atoms with Crippen molar-refractivity contribution in [2.24, 2.45) is 5.92 Å². The Morgan fingerprint density at radius 1 is 0.969 bits per heavy atom. The van der Waals surface area contributed by atoms with Crippen LogP contribution in [0, 0.1) is 5.92 Å². The zero-order valence-electron chi connectivity index (χ0n) is 18.4. The van der Waals surface area contributed by atoms with Crippen molar-refractivity contribution in [2.75, 3.05) is 39.4 Å². The predicted octanol–water partition coefficient (Wildman–Crippen LogP) is 4.35. The number of hydrogen-bond donors (Lipinski definition) is 1. The van der Waals surface area contributed by atoms with Gasteiger partial charge in [-0.3, -0.25) is 14.6 Å². The first kappa shape index (κ1) is 23.5. The molecule has 2 aromatic rings. The number of amides is 1. The Hall–Kier alpha value is -1.63. The van der Waals surface area contributed by atoms with Crippen LogP contribution in [0.2, 0.25) is 10.0 Å². The van der Waals surface area contributed by atoms with E-state index in [-0.39, 0.29) is 11.8 Å². The molecule has 0 bridgehead atoms. The maximum Gasteiger partial charge on any atom is 0.224 e. The van der Waals surface area contributed by atoms with E-state index >= 15 is 0 Å². The molecular formula is C25H31Cl2N3O2. The monoisotopic (exact) mass is 475 g/mol. The van der Waals surface area contributed by atoms with Crippen LogP contribution in [0.15, 0.2) is 42.5 Å². The summed E-state index contributed by atoms with van der Waals surface area (Å²) in [6.45, 7) is 7.59. The lowest BCUT2D eigenvalue weighted by Crippen LogP contribution is -2.42. The number of nitrogens with zero attached hydrogens (tertiary/aromatic N) is 2. The summed E-state index contributed by atoms with van der Waals surface area (Å²) in [6.07, 6.45) is 1.94. The summed E-state index contributed by atoms with van der Waals surface area (Å²) in [6, 6.07) is 14.2. The molecule has 2 fully saturated rings. The average molecular weight is 476 g/mol. The largest absolute Gasteiger partial charge is 0.379 e.